The standard InChI is InChI=1S/C29H33N3O4/c1-31-15-3-5-23(19-31)20-7-9-21(10-8-20)29(35)32-16-13-24(14-17-32)36-25-6-2-4-22(18-25)26-11-12-27(33)30-28(26)34/h2,4,6-10,18-19,24,26H,3,5,11-17H2,1H3,(H,30,33,34). The Labute approximate surface area is 212 Å². The van der Waals surface area contributed by atoms with Crippen LogP contribution in [0, 0.1) is 0 Å². The van der Waals surface area contributed by atoms with Gasteiger partial charge >= 0.3 is 0 Å². The molecule has 36 heavy (non-hydrogen) atoms. The first-order valence-corrected chi connectivity index (χ1v) is 12.9. The number of hydrogen-bond acceptors (Lipinski definition) is 5. The van der Waals surface area contributed by atoms with Gasteiger partial charge in [-0.3, -0.25) is 19.7 Å². The summed E-state index contributed by atoms with van der Waals surface area (Å²) in [6.45, 7) is 2.38. The van der Waals surface area contributed by atoms with Gasteiger partial charge in [-0.05, 0) is 60.2 Å². The first kappa shape index (κ1) is 24.1. The van der Waals surface area contributed by atoms with Crippen molar-refractivity contribution in [3.63, 3.8) is 0 Å². The minimum atomic E-state index is -0.326. The van der Waals surface area contributed by atoms with Crippen molar-refractivity contribution < 1.29 is 19.1 Å². The average Bonchev–Trinajstić information content (AvgIpc) is 2.89. The highest BCUT2D eigenvalue weighted by atomic mass is 16.5. The molecule has 3 aliphatic heterocycles. The molecule has 7 heteroatoms. The van der Waals surface area contributed by atoms with E-state index in [1.807, 2.05) is 41.3 Å². The van der Waals surface area contributed by atoms with E-state index in [0.717, 1.165) is 49.1 Å². The van der Waals surface area contributed by atoms with Gasteiger partial charge in [-0.25, -0.2) is 0 Å². The van der Waals surface area contributed by atoms with Gasteiger partial charge in [-0.2, -0.15) is 0 Å². The Morgan fingerprint density at radius 3 is 2.47 bits per heavy atom. The van der Waals surface area contributed by atoms with Crippen LogP contribution >= 0.6 is 0 Å². The number of benzene rings is 2. The molecule has 2 saturated heterocycles. The van der Waals surface area contributed by atoms with E-state index in [4.69, 9.17) is 4.74 Å². The van der Waals surface area contributed by atoms with Crippen LogP contribution in [0.5, 0.6) is 5.75 Å². The molecule has 0 aromatic heterocycles. The molecule has 3 amide bonds. The Hall–Kier alpha value is -3.61. The summed E-state index contributed by atoms with van der Waals surface area (Å²) in [6.07, 6.45) is 6.82. The molecule has 3 heterocycles. The van der Waals surface area contributed by atoms with Gasteiger partial charge in [-0.15, -0.1) is 0 Å². The van der Waals surface area contributed by atoms with Crippen LogP contribution < -0.4 is 10.1 Å². The minimum absolute atomic E-state index is 0.0173. The van der Waals surface area contributed by atoms with Crippen molar-refractivity contribution in [1.82, 2.24) is 15.1 Å². The zero-order chi connectivity index (χ0) is 25.1. The summed E-state index contributed by atoms with van der Waals surface area (Å²) in [4.78, 5) is 40.9. The molecule has 1 N–H and O–H groups in total. The van der Waals surface area contributed by atoms with Crippen LogP contribution in [0.25, 0.3) is 5.57 Å². The molecule has 0 bridgehead atoms. The largest absolute Gasteiger partial charge is 0.490 e. The van der Waals surface area contributed by atoms with Crippen molar-refractivity contribution in [1.29, 1.82) is 0 Å². The number of likely N-dealkylation sites (tertiary alicyclic amines) is 1. The molecule has 1 unspecified atom stereocenters. The van der Waals surface area contributed by atoms with Crippen molar-refractivity contribution in [2.75, 3.05) is 26.7 Å². The smallest absolute Gasteiger partial charge is 0.253 e. The quantitative estimate of drug-likeness (QED) is 0.646. The normalized spacial score (nSPS) is 21.1. The van der Waals surface area contributed by atoms with Crippen molar-refractivity contribution in [3.8, 4) is 5.75 Å². The maximum absolute atomic E-state index is 13.1. The lowest BCUT2D eigenvalue weighted by molar-refractivity contribution is -0.134. The van der Waals surface area contributed by atoms with E-state index in [9.17, 15) is 14.4 Å². The third-order valence-electron chi connectivity index (χ3n) is 7.37. The molecule has 1 atom stereocenters. The monoisotopic (exact) mass is 487 g/mol. The number of nitrogens with one attached hydrogen (secondary N) is 1. The summed E-state index contributed by atoms with van der Waals surface area (Å²) in [5.74, 6) is 0.00338. The first-order valence-electron chi connectivity index (χ1n) is 12.9. The van der Waals surface area contributed by atoms with E-state index in [1.54, 1.807) is 0 Å². The second-order valence-electron chi connectivity index (χ2n) is 10.0. The maximum atomic E-state index is 13.1. The molecule has 0 aliphatic carbocycles. The summed E-state index contributed by atoms with van der Waals surface area (Å²) in [5, 5.41) is 2.42. The van der Waals surface area contributed by atoms with Gasteiger partial charge in [0.1, 0.15) is 11.9 Å². The number of rotatable bonds is 5. The fourth-order valence-electron chi connectivity index (χ4n) is 5.33. The topological polar surface area (TPSA) is 79.0 Å². The summed E-state index contributed by atoms with van der Waals surface area (Å²) < 4.78 is 6.22. The Bertz CT molecular complexity index is 1170. The molecule has 5 rings (SSSR count). The average molecular weight is 488 g/mol. The second-order valence-corrected chi connectivity index (χ2v) is 10.0. The number of imide groups is 1. The molecular weight excluding hydrogens is 454 g/mol. The highest BCUT2D eigenvalue weighted by molar-refractivity contribution is 6.01. The third kappa shape index (κ3) is 5.45. The van der Waals surface area contributed by atoms with E-state index in [1.165, 1.54) is 11.1 Å². The molecule has 2 aromatic rings. The number of carbonyl (C=O) groups is 3. The summed E-state index contributed by atoms with van der Waals surface area (Å²) in [5.41, 5.74) is 4.09. The Kier molecular flexibility index (Phi) is 7.07. The molecule has 2 aromatic carbocycles. The summed E-state index contributed by atoms with van der Waals surface area (Å²) in [7, 11) is 2.10. The van der Waals surface area contributed by atoms with Crippen LogP contribution in [0.15, 0.2) is 54.7 Å². The molecule has 2 fully saturated rings. The predicted molar refractivity (Wildman–Crippen MR) is 137 cm³/mol. The number of nitrogens with zero attached hydrogens (tertiary/aromatic N) is 2. The number of ether oxygens (including phenoxy) is 1. The van der Waals surface area contributed by atoms with E-state index in [2.05, 4.69) is 35.6 Å². The molecule has 0 radical (unpaired) electrons. The summed E-state index contributed by atoms with van der Waals surface area (Å²) in [6, 6.07) is 15.6. The van der Waals surface area contributed by atoms with Gasteiger partial charge in [0.2, 0.25) is 11.8 Å². The van der Waals surface area contributed by atoms with Gasteiger partial charge in [0, 0.05) is 57.7 Å². The van der Waals surface area contributed by atoms with Crippen molar-refractivity contribution in [2.24, 2.45) is 0 Å². The van der Waals surface area contributed by atoms with Crippen LogP contribution in [0.1, 0.15) is 65.9 Å². The van der Waals surface area contributed by atoms with Gasteiger partial charge in [0.05, 0.1) is 5.92 Å². The zero-order valence-electron chi connectivity index (χ0n) is 20.7. The Morgan fingerprint density at radius 1 is 0.972 bits per heavy atom. The molecule has 188 valence electrons. The number of carbonyl (C=O) groups excluding carboxylic acids is 3. The SMILES string of the molecule is CN1C=C(c2ccc(C(=O)N3CCC(Oc4cccc(C5CCC(=O)NC5=O)c4)CC3)cc2)CCC1. The van der Waals surface area contributed by atoms with Crippen LogP contribution in [-0.2, 0) is 9.59 Å². The summed E-state index contributed by atoms with van der Waals surface area (Å²) >= 11 is 0. The molecule has 0 spiro atoms. The van der Waals surface area contributed by atoms with Crippen LogP contribution in [0.3, 0.4) is 0 Å². The Balaban J connectivity index is 1.15. The predicted octanol–water partition coefficient (Wildman–Crippen LogP) is 3.96. The van der Waals surface area contributed by atoms with Gasteiger partial charge in [0.25, 0.3) is 5.91 Å². The van der Waals surface area contributed by atoms with Crippen molar-refractivity contribution in [3.05, 3.63) is 71.4 Å². The number of allylic oxidation sites excluding steroid dienone is 1. The molecule has 0 saturated carbocycles. The van der Waals surface area contributed by atoms with Gasteiger partial charge in [-0.1, -0.05) is 24.3 Å². The highest BCUT2D eigenvalue weighted by Crippen LogP contribution is 2.29. The van der Waals surface area contributed by atoms with E-state index in [-0.39, 0.29) is 29.7 Å². The lowest BCUT2D eigenvalue weighted by atomic mass is 9.90. The first-order chi connectivity index (χ1) is 17.5. The molecular formula is C29H33N3O4. The zero-order valence-corrected chi connectivity index (χ0v) is 20.7. The van der Waals surface area contributed by atoms with Gasteiger partial charge < -0.3 is 14.5 Å². The molecule has 7 nitrogen and oxygen atoms in total. The van der Waals surface area contributed by atoms with Crippen molar-refractivity contribution in [2.45, 2.75) is 50.5 Å². The molecule has 3 aliphatic rings. The van der Waals surface area contributed by atoms with E-state index < -0.39 is 0 Å². The number of hydrogen-bond donors (Lipinski definition) is 1. The minimum Gasteiger partial charge on any atom is -0.490 e. The van der Waals surface area contributed by atoms with E-state index >= 15 is 0 Å². The maximum Gasteiger partial charge on any atom is 0.253 e. The highest BCUT2D eigenvalue weighted by Gasteiger charge is 2.29. The third-order valence-corrected chi connectivity index (χ3v) is 7.37. The van der Waals surface area contributed by atoms with Crippen LogP contribution in [0.2, 0.25) is 0 Å². The number of amides is 3. The second kappa shape index (κ2) is 10.6. The van der Waals surface area contributed by atoms with Crippen LogP contribution in [0.4, 0.5) is 0 Å². The lowest BCUT2D eigenvalue weighted by Crippen LogP contribution is -2.41. The van der Waals surface area contributed by atoms with Crippen molar-refractivity contribution >= 4 is 23.3 Å². The van der Waals surface area contributed by atoms with Crippen LogP contribution in [-0.4, -0.2) is 60.3 Å². The van der Waals surface area contributed by atoms with Gasteiger partial charge in [0.15, 0.2) is 0 Å². The fraction of sp³-hybridized carbons (Fsp3) is 0.414. The fourth-order valence-corrected chi connectivity index (χ4v) is 5.33. The van der Waals surface area contributed by atoms with E-state index in [0.29, 0.717) is 25.9 Å². The number of piperidine rings is 2. The lowest BCUT2D eigenvalue weighted by Gasteiger charge is -2.32. The Morgan fingerprint density at radius 2 is 1.75 bits per heavy atom.